The fourth-order valence-corrected chi connectivity index (χ4v) is 2.10. The van der Waals surface area contributed by atoms with Crippen molar-refractivity contribution in [3.05, 3.63) is 0 Å². The zero-order valence-corrected chi connectivity index (χ0v) is 6.67. The van der Waals surface area contributed by atoms with Crippen LogP contribution in [0.15, 0.2) is 0 Å². The van der Waals surface area contributed by atoms with Crippen LogP contribution in [0.4, 0.5) is 0 Å². The molecule has 0 aromatic rings. The van der Waals surface area contributed by atoms with Gasteiger partial charge in [-0.15, -0.1) is 0 Å². The van der Waals surface area contributed by atoms with Crippen LogP contribution < -0.4 is 5.32 Å². The maximum atomic E-state index is 11.1. The Balaban J connectivity index is 2.00. The molecule has 0 unspecified atom stereocenters. The molecule has 0 aromatic carbocycles. The Kier molecular flexibility index (Phi) is 1.60. The van der Waals surface area contributed by atoms with Crippen LogP contribution in [0.2, 0.25) is 0 Å². The summed E-state index contributed by atoms with van der Waals surface area (Å²) < 4.78 is 4.69. The van der Waals surface area contributed by atoms with Gasteiger partial charge in [0.15, 0.2) is 0 Å². The van der Waals surface area contributed by atoms with Gasteiger partial charge >= 0.3 is 5.97 Å². The van der Waals surface area contributed by atoms with Crippen molar-refractivity contribution in [1.82, 2.24) is 5.32 Å². The van der Waals surface area contributed by atoms with Gasteiger partial charge in [-0.25, -0.2) is 0 Å². The van der Waals surface area contributed by atoms with Gasteiger partial charge in [-0.1, -0.05) is 0 Å². The van der Waals surface area contributed by atoms with Crippen molar-refractivity contribution in [3.8, 4) is 0 Å². The smallest absolute Gasteiger partial charge is 0.323 e. The molecular weight excluding hydrogens is 142 g/mol. The predicted molar refractivity (Wildman–Crippen MR) is 40.0 cm³/mol. The van der Waals surface area contributed by atoms with E-state index in [0.717, 1.165) is 12.5 Å². The molecule has 1 heterocycles. The van der Waals surface area contributed by atoms with Gasteiger partial charge in [0.05, 0.1) is 7.11 Å². The van der Waals surface area contributed by atoms with Crippen molar-refractivity contribution in [2.24, 2.45) is 11.8 Å². The molecule has 3 nitrogen and oxygen atoms in total. The van der Waals surface area contributed by atoms with Crippen molar-refractivity contribution in [2.75, 3.05) is 13.7 Å². The standard InChI is InChI=1S/C8H13NO2/c1-11-8(10)7-6-3-2-5(6)4-9-7/h5-7,9H,2-4H2,1H3/t5-,6-,7+/m1/s1. The number of fused-ring (bicyclic) bond motifs is 1. The molecule has 1 saturated heterocycles. The molecule has 3 heteroatoms. The number of rotatable bonds is 1. The maximum Gasteiger partial charge on any atom is 0.323 e. The molecule has 1 aliphatic carbocycles. The predicted octanol–water partition coefficient (Wildman–Crippen LogP) is 0.157. The van der Waals surface area contributed by atoms with Gasteiger partial charge in [0.25, 0.3) is 0 Å². The summed E-state index contributed by atoms with van der Waals surface area (Å²) in [4.78, 5) is 11.1. The lowest BCUT2D eigenvalue weighted by Crippen LogP contribution is -2.39. The normalized spacial score (nSPS) is 41.0. The fourth-order valence-electron chi connectivity index (χ4n) is 2.10. The van der Waals surface area contributed by atoms with E-state index in [1.165, 1.54) is 20.0 Å². The van der Waals surface area contributed by atoms with Gasteiger partial charge in [0.1, 0.15) is 6.04 Å². The molecule has 1 aliphatic heterocycles. The number of ether oxygens (including phenoxy) is 1. The summed E-state index contributed by atoms with van der Waals surface area (Å²) in [5.41, 5.74) is 0. The summed E-state index contributed by atoms with van der Waals surface area (Å²) in [6.45, 7) is 1.00. The summed E-state index contributed by atoms with van der Waals surface area (Å²) in [7, 11) is 1.45. The topological polar surface area (TPSA) is 38.3 Å². The molecule has 0 bridgehead atoms. The fraction of sp³-hybridized carbons (Fsp3) is 0.875. The van der Waals surface area contributed by atoms with Crippen molar-refractivity contribution >= 4 is 5.97 Å². The molecule has 2 aliphatic rings. The van der Waals surface area contributed by atoms with Crippen molar-refractivity contribution in [2.45, 2.75) is 18.9 Å². The second kappa shape index (κ2) is 2.48. The van der Waals surface area contributed by atoms with Gasteiger partial charge in [0, 0.05) is 0 Å². The molecule has 3 atom stereocenters. The van der Waals surface area contributed by atoms with E-state index in [4.69, 9.17) is 0 Å². The van der Waals surface area contributed by atoms with Crippen molar-refractivity contribution in [3.63, 3.8) is 0 Å². The highest BCUT2D eigenvalue weighted by Crippen LogP contribution is 2.40. The largest absolute Gasteiger partial charge is 0.468 e. The van der Waals surface area contributed by atoms with E-state index in [0.29, 0.717) is 5.92 Å². The molecule has 2 fully saturated rings. The number of hydrogen-bond acceptors (Lipinski definition) is 3. The Hall–Kier alpha value is -0.570. The lowest BCUT2D eigenvalue weighted by Gasteiger charge is -2.31. The average Bonchev–Trinajstić information content (AvgIpc) is 2.25. The number of nitrogens with one attached hydrogen (secondary N) is 1. The first-order valence-corrected chi connectivity index (χ1v) is 4.14. The second-order valence-corrected chi connectivity index (χ2v) is 3.41. The van der Waals surface area contributed by atoms with Crippen LogP contribution in [-0.4, -0.2) is 25.7 Å². The van der Waals surface area contributed by atoms with Crippen molar-refractivity contribution in [1.29, 1.82) is 0 Å². The van der Waals surface area contributed by atoms with Gasteiger partial charge in [-0.3, -0.25) is 4.79 Å². The summed E-state index contributed by atoms with van der Waals surface area (Å²) in [5.74, 6) is 1.23. The molecular formula is C8H13NO2. The molecule has 0 spiro atoms. The van der Waals surface area contributed by atoms with E-state index in [9.17, 15) is 4.79 Å². The number of hydrogen-bond donors (Lipinski definition) is 1. The van der Waals surface area contributed by atoms with E-state index in [-0.39, 0.29) is 12.0 Å². The molecule has 0 amide bonds. The molecule has 1 saturated carbocycles. The first kappa shape index (κ1) is 7.10. The Morgan fingerprint density at radius 2 is 2.36 bits per heavy atom. The van der Waals surface area contributed by atoms with Gasteiger partial charge in [-0.2, -0.15) is 0 Å². The van der Waals surface area contributed by atoms with E-state index < -0.39 is 0 Å². The minimum atomic E-state index is -0.0859. The summed E-state index contributed by atoms with van der Waals surface area (Å²) >= 11 is 0. The molecule has 0 radical (unpaired) electrons. The van der Waals surface area contributed by atoms with Crippen LogP contribution in [0.1, 0.15) is 12.8 Å². The summed E-state index contributed by atoms with van der Waals surface area (Å²) in [6, 6.07) is -0.00116. The van der Waals surface area contributed by atoms with Gasteiger partial charge < -0.3 is 10.1 Å². The highest BCUT2D eigenvalue weighted by molar-refractivity contribution is 5.76. The molecule has 2 rings (SSSR count). The minimum absolute atomic E-state index is 0.00116. The Bertz CT molecular complexity index is 181. The van der Waals surface area contributed by atoms with Crippen LogP contribution in [0.25, 0.3) is 0 Å². The second-order valence-electron chi connectivity index (χ2n) is 3.41. The van der Waals surface area contributed by atoms with Crippen LogP contribution in [0.5, 0.6) is 0 Å². The van der Waals surface area contributed by atoms with Crippen LogP contribution in [0, 0.1) is 11.8 Å². The van der Waals surface area contributed by atoms with Crippen molar-refractivity contribution < 1.29 is 9.53 Å². The number of methoxy groups -OCH3 is 1. The van der Waals surface area contributed by atoms with Gasteiger partial charge in [0.2, 0.25) is 0 Å². The summed E-state index contributed by atoms with van der Waals surface area (Å²) in [5, 5.41) is 3.19. The number of carbonyl (C=O) groups excluding carboxylic acids is 1. The van der Waals surface area contributed by atoms with E-state index in [1.807, 2.05) is 0 Å². The minimum Gasteiger partial charge on any atom is -0.468 e. The van der Waals surface area contributed by atoms with E-state index >= 15 is 0 Å². The Labute approximate surface area is 66.1 Å². The van der Waals surface area contributed by atoms with E-state index in [2.05, 4.69) is 10.1 Å². The number of esters is 1. The van der Waals surface area contributed by atoms with Gasteiger partial charge in [-0.05, 0) is 31.2 Å². The highest BCUT2D eigenvalue weighted by atomic mass is 16.5. The Morgan fingerprint density at radius 3 is 2.82 bits per heavy atom. The van der Waals surface area contributed by atoms with Crippen LogP contribution >= 0.6 is 0 Å². The molecule has 11 heavy (non-hydrogen) atoms. The summed E-state index contributed by atoms with van der Waals surface area (Å²) in [6.07, 6.45) is 2.47. The first-order valence-electron chi connectivity index (χ1n) is 4.14. The Morgan fingerprint density at radius 1 is 1.55 bits per heavy atom. The molecule has 0 aromatic heterocycles. The van der Waals surface area contributed by atoms with Crippen LogP contribution in [0.3, 0.4) is 0 Å². The number of carbonyl (C=O) groups is 1. The zero-order chi connectivity index (χ0) is 7.84. The maximum absolute atomic E-state index is 11.1. The third-order valence-electron chi connectivity index (χ3n) is 2.96. The third-order valence-corrected chi connectivity index (χ3v) is 2.96. The lowest BCUT2D eigenvalue weighted by molar-refractivity contribution is -0.144. The van der Waals surface area contributed by atoms with Crippen LogP contribution in [-0.2, 0) is 9.53 Å². The third kappa shape index (κ3) is 0.948. The highest BCUT2D eigenvalue weighted by Gasteiger charge is 2.45. The monoisotopic (exact) mass is 155 g/mol. The SMILES string of the molecule is COC(=O)[C@H]1NC[C@H]2CC[C@H]21. The first-order chi connectivity index (χ1) is 5.33. The molecule has 62 valence electrons. The lowest BCUT2D eigenvalue weighted by atomic mass is 9.73. The quantitative estimate of drug-likeness (QED) is 0.548. The average molecular weight is 155 g/mol. The molecule has 1 N–H and O–H groups in total. The van der Waals surface area contributed by atoms with E-state index in [1.54, 1.807) is 0 Å². The zero-order valence-electron chi connectivity index (χ0n) is 6.67.